The second kappa shape index (κ2) is 7.12. The van der Waals surface area contributed by atoms with E-state index in [1.807, 2.05) is 0 Å². The number of aldehydes is 1. The predicted molar refractivity (Wildman–Crippen MR) is 83.2 cm³/mol. The fourth-order valence-corrected chi connectivity index (χ4v) is 3.59. The summed E-state index contributed by atoms with van der Waals surface area (Å²) < 4.78 is 26.3. The molecule has 0 aliphatic heterocycles. The van der Waals surface area contributed by atoms with Gasteiger partial charge in [0, 0.05) is 12.6 Å². The van der Waals surface area contributed by atoms with E-state index >= 15 is 0 Å². The molecule has 0 bridgehead atoms. The fraction of sp³-hybridized carbons (Fsp3) is 0.133. The van der Waals surface area contributed by atoms with Crippen molar-refractivity contribution in [3.05, 3.63) is 70.3 Å². The van der Waals surface area contributed by atoms with Crippen molar-refractivity contribution in [3.63, 3.8) is 0 Å². The molecule has 0 saturated heterocycles. The number of benzene rings is 2. The number of sulfonamides is 1. The van der Waals surface area contributed by atoms with E-state index in [-0.39, 0.29) is 13.1 Å². The molecule has 2 rings (SSSR count). The predicted octanol–water partition coefficient (Wildman–Crippen LogP) is 1.98. The van der Waals surface area contributed by atoms with Gasteiger partial charge in [-0.25, -0.2) is 8.42 Å². The third-order valence-corrected chi connectivity index (χ3v) is 5.02. The first-order valence-electron chi connectivity index (χ1n) is 6.68. The van der Waals surface area contributed by atoms with Crippen LogP contribution in [-0.4, -0.2) is 30.5 Å². The summed E-state index contributed by atoms with van der Waals surface area (Å²) in [5.74, 6) is 0. The standard InChI is InChI=1S/C15H14N2O5S/c18-11-10-16(12-13-6-2-1-3-7-13)23(21,22)15-9-5-4-8-14(15)17(19)20/h1-9,11H,10,12H2. The van der Waals surface area contributed by atoms with Gasteiger partial charge in [0.2, 0.25) is 0 Å². The molecule has 0 aliphatic carbocycles. The van der Waals surface area contributed by atoms with Crippen molar-refractivity contribution in [2.75, 3.05) is 6.54 Å². The van der Waals surface area contributed by atoms with Crippen LogP contribution in [-0.2, 0) is 21.4 Å². The van der Waals surface area contributed by atoms with Gasteiger partial charge in [-0.1, -0.05) is 42.5 Å². The van der Waals surface area contributed by atoms with E-state index in [1.54, 1.807) is 30.3 Å². The van der Waals surface area contributed by atoms with E-state index in [0.717, 1.165) is 16.4 Å². The summed E-state index contributed by atoms with van der Waals surface area (Å²) in [5, 5.41) is 11.1. The molecule has 7 nitrogen and oxygen atoms in total. The van der Waals surface area contributed by atoms with E-state index in [0.29, 0.717) is 11.8 Å². The molecule has 0 fully saturated rings. The maximum absolute atomic E-state index is 12.7. The van der Waals surface area contributed by atoms with Gasteiger partial charge < -0.3 is 4.79 Å². The lowest BCUT2D eigenvalue weighted by Gasteiger charge is -2.19. The quantitative estimate of drug-likeness (QED) is 0.438. The zero-order chi connectivity index (χ0) is 16.9. The van der Waals surface area contributed by atoms with Gasteiger partial charge in [0.1, 0.15) is 6.29 Å². The molecule has 0 N–H and O–H groups in total. The van der Waals surface area contributed by atoms with Gasteiger partial charge in [-0.05, 0) is 11.6 Å². The first-order chi connectivity index (χ1) is 11.0. The Hall–Kier alpha value is -2.58. The number of hydrogen-bond acceptors (Lipinski definition) is 5. The number of para-hydroxylation sites is 1. The number of nitro groups is 1. The lowest BCUT2D eigenvalue weighted by atomic mass is 10.2. The maximum Gasteiger partial charge on any atom is 0.289 e. The number of nitro benzene ring substituents is 1. The lowest BCUT2D eigenvalue weighted by Crippen LogP contribution is -2.32. The van der Waals surface area contributed by atoms with E-state index in [4.69, 9.17) is 0 Å². The summed E-state index contributed by atoms with van der Waals surface area (Å²) in [6, 6.07) is 13.8. The summed E-state index contributed by atoms with van der Waals surface area (Å²) in [6.07, 6.45) is 0.454. The van der Waals surface area contributed by atoms with Gasteiger partial charge in [-0.2, -0.15) is 4.31 Å². The zero-order valence-corrected chi connectivity index (χ0v) is 12.8. The van der Waals surface area contributed by atoms with E-state index in [1.165, 1.54) is 12.1 Å². The largest absolute Gasteiger partial charge is 0.302 e. The number of rotatable bonds is 7. The Morgan fingerprint density at radius 2 is 1.65 bits per heavy atom. The number of carbonyl (C=O) groups is 1. The van der Waals surface area contributed by atoms with E-state index < -0.39 is 25.5 Å². The molecular weight excluding hydrogens is 320 g/mol. The molecular formula is C15H14N2O5S. The molecule has 8 heteroatoms. The van der Waals surface area contributed by atoms with Crippen molar-refractivity contribution in [2.45, 2.75) is 11.4 Å². The van der Waals surface area contributed by atoms with Crippen molar-refractivity contribution < 1.29 is 18.1 Å². The molecule has 0 unspecified atom stereocenters. The SMILES string of the molecule is O=CCN(Cc1ccccc1)S(=O)(=O)c1ccccc1[N+](=O)[O-]. The molecule has 2 aromatic carbocycles. The average Bonchev–Trinajstić information content (AvgIpc) is 2.55. The van der Waals surface area contributed by atoms with Crippen LogP contribution in [0.3, 0.4) is 0 Å². The van der Waals surface area contributed by atoms with Crippen LogP contribution in [0.5, 0.6) is 0 Å². The van der Waals surface area contributed by atoms with Gasteiger partial charge in [0.05, 0.1) is 11.5 Å². The lowest BCUT2D eigenvalue weighted by molar-refractivity contribution is -0.387. The second-order valence-electron chi connectivity index (χ2n) is 4.67. The minimum atomic E-state index is -4.18. The molecule has 0 spiro atoms. The summed E-state index contributed by atoms with van der Waals surface area (Å²) in [5.41, 5.74) is 0.160. The third-order valence-electron chi connectivity index (χ3n) is 3.16. The molecule has 2 aromatic rings. The van der Waals surface area contributed by atoms with Crippen molar-refractivity contribution in [3.8, 4) is 0 Å². The van der Waals surface area contributed by atoms with Crippen molar-refractivity contribution in [1.82, 2.24) is 4.31 Å². The molecule has 0 aromatic heterocycles. The highest BCUT2D eigenvalue weighted by molar-refractivity contribution is 7.89. The van der Waals surface area contributed by atoms with Gasteiger partial charge in [0.15, 0.2) is 4.90 Å². The molecule has 0 saturated carbocycles. The number of carbonyl (C=O) groups excluding carboxylic acids is 1. The molecule has 0 amide bonds. The van der Waals surface area contributed by atoms with Crippen LogP contribution in [0.25, 0.3) is 0 Å². The van der Waals surface area contributed by atoms with Crippen molar-refractivity contribution in [1.29, 1.82) is 0 Å². The van der Waals surface area contributed by atoms with Gasteiger partial charge in [0.25, 0.3) is 15.7 Å². The van der Waals surface area contributed by atoms with Crippen LogP contribution in [0, 0.1) is 10.1 Å². The van der Waals surface area contributed by atoms with Crippen LogP contribution in [0.1, 0.15) is 5.56 Å². The third kappa shape index (κ3) is 3.79. The van der Waals surface area contributed by atoms with Crippen LogP contribution < -0.4 is 0 Å². The monoisotopic (exact) mass is 334 g/mol. The maximum atomic E-state index is 12.7. The Morgan fingerprint density at radius 3 is 2.26 bits per heavy atom. The van der Waals surface area contributed by atoms with Gasteiger partial charge in [-0.3, -0.25) is 10.1 Å². The van der Waals surface area contributed by atoms with Crippen LogP contribution >= 0.6 is 0 Å². The summed E-state index contributed by atoms with van der Waals surface area (Å²) in [4.78, 5) is 20.7. The van der Waals surface area contributed by atoms with Crippen molar-refractivity contribution >= 4 is 22.0 Å². The highest BCUT2D eigenvalue weighted by atomic mass is 32.2. The first-order valence-corrected chi connectivity index (χ1v) is 8.12. The molecule has 23 heavy (non-hydrogen) atoms. The average molecular weight is 334 g/mol. The van der Waals surface area contributed by atoms with Crippen molar-refractivity contribution in [2.24, 2.45) is 0 Å². The molecule has 120 valence electrons. The summed E-state index contributed by atoms with van der Waals surface area (Å²) in [7, 11) is -4.18. The highest BCUT2D eigenvalue weighted by Crippen LogP contribution is 2.27. The van der Waals surface area contributed by atoms with Crippen LogP contribution in [0.15, 0.2) is 59.5 Å². The molecule has 0 radical (unpaired) electrons. The highest BCUT2D eigenvalue weighted by Gasteiger charge is 2.31. The normalized spacial score (nSPS) is 11.3. The minimum absolute atomic E-state index is 0.0477. The number of hydrogen-bond donors (Lipinski definition) is 0. The second-order valence-corrected chi connectivity index (χ2v) is 6.58. The van der Waals surface area contributed by atoms with Gasteiger partial charge in [-0.15, -0.1) is 0 Å². The van der Waals surface area contributed by atoms with Crippen LogP contribution in [0.2, 0.25) is 0 Å². The summed E-state index contributed by atoms with van der Waals surface area (Å²) in [6.45, 7) is -0.433. The minimum Gasteiger partial charge on any atom is -0.302 e. The van der Waals surface area contributed by atoms with Crippen LogP contribution in [0.4, 0.5) is 5.69 Å². The van der Waals surface area contributed by atoms with Gasteiger partial charge >= 0.3 is 0 Å². The smallest absolute Gasteiger partial charge is 0.289 e. The first kappa shape index (κ1) is 16.8. The Labute approximate surface area is 133 Å². The fourth-order valence-electron chi connectivity index (χ4n) is 2.08. The Kier molecular flexibility index (Phi) is 5.20. The van der Waals surface area contributed by atoms with E-state index in [9.17, 15) is 23.3 Å². The number of nitrogens with zero attached hydrogens (tertiary/aromatic N) is 2. The Bertz CT molecular complexity index is 806. The molecule has 0 aliphatic rings. The van der Waals surface area contributed by atoms with E-state index in [2.05, 4.69) is 0 Å². The summed E-state index contributed by atoms with van der Waals surface area (Å²) >= 11 is 0. The molecule has 0 heterocycles. The Balaban J connectivity index is 2.45. The topological polar surface area (TPSA) is 97.6 Å². The molecule has 0 atom stereocenters. The zero-order valence-electron chi connectivity index (χ0n) is 12.0. The Morgan fingerprint density at radius 1 is 1.04 bits per heavy atom.